The number of ether oxygens (including phenoxy) is 2. The van der Waals surface area contributed by atoms with Gasteiger partial charge in [0.25, 0.3) is 0 Å². The topological polar surface area (TPSA) is 64.7 Å². The summed E-state index contributed by atoms with van der Waals surface area (Å²) in [7, 11) is 3.18. The van der Waals surface area contributed by atoms with Crippen molar-refractivity contribution in [3.8, 4) is 11.5 Å². The molecule has 1 fully saturated rings. The molecule has 1 aliphatic rings. The summed E-state index contributed by atoms with van der Waals surface area (Å²) in [6, 6.07) is 5.04. The van der Waals surface area contributed by atoms with E-state index in [1.54, 1.807) is 14.2 Å². The molecule has 0 saturated heterocycles. The van der Waals surface area contributed by atoms with E-state index in [1.807, 2.05) is 18.2 Å². The number of aliphatic hydroxyl groups is 1. The van der Waals surface area contributed by atoms with Crippen LogP contribution in [-0.4, -0.2) is 25.4 Å². The molecule has 4 nitrogen and oxygen atoms in total. The number of benzene rings is 1. The van der Waals surface area contributed by atoms with Gasteiger partial charge in [-0.15, -0.1) is 0 Å². The highest BCUT2D eigenvalue weighted by Gasteiger charge is 2.36. The fourth-order valence-electron chi connectivity index (χ4n) is 2.11. The van der Waals surface area contributed by atoms with Crippen LogP contribution in [0.15, 0.2) is 18.2 Å². The van der Waals surface area contributed by atoms with Crippen molar-refractivity contribution in [2.24, 2.45) is 11.7 Å². The molecule has 17 heavy (non-hydrogen) atoms. The number of rotatable bonds is 5. The molecule has 2 atom stereocenters. The van der Waals surface area contributed by atoms with Crippen LogP contribution in [0.3, 0.4) is 0 Å². The molecule has 0 bridgehead atoms. The Kier molecular flexibility index (Phi) is 3.54. The number of methoxy groups -OCH3 is 2. The van der Waals surface area contributed by atoms with E-state index in [0.717, 1.165) is 18.4 Å². The highest BCUT2D eigenvalue weighted by Crippen LogP contribution is 2.41. The van der Waals surface area contributed by atoms with Gasteiger partial charge >= 0.3 is 0 Å². The van der Waals surface area contributed by atoms with E-state index in [9.17, 15) is 5.11 Å². The quantitative estimate of drug-likeness (QED) is 0.814. The Morgan fingerprint density at radius 3 is 2.18 bits per heavy atom. The molecule has 0 aromatic heterocycles. The molecule has 1 saturated carbocycles. The second-order valence-electron chi connectivity index (χ2n) is 4.43. The third kappa shape index (κ3) is 2.37. The van der Waals surface area contributed by atoms with Gasteiger partial charge in [0, 0.05) is 0 Å². The van der Waals surface area contributed by atoms with Crippen molar-refractivity contribution in [3.05, 3.63) is 23.8 Å². The Morgan fingerprint density at radius 2 is 1.76 bits per heavy atom. The number of hydrogen-bond donors (Lipinski definition) is 2. The largest absolute Gasteiger partial charge is 0.496 e. The fourth-order valence-corrected chi connectivity index (χ4v) is 2.11. The lowest BCUT2D eigenvalue weighted by atomic mass is 9.97. The minimum Gasteiger partial charge on any atom is -0.496 e. The molecule has 1 aromatic carbocycles. The monoisotopic (exact) mass is 237 g/mol. The van der Waals surface area contributed by atoms with E-state index in [4.69, 9.17) is 15.2 Å². The summed E-state index contributed by atoms with van der Waals surface area (Å²) in [6.07, 6.45) is 1.57. The summed E-state index contributed by atoms with van der Waals surface area (Å²) in [5, 5.41) is 10.1. The minimum atomic E-state index is -0.528. The molecular formula is C13H19NO3. The number of nitrogens with two attached hydrogens (primary N) is 1. The Morgan fingerprint density at radius 1 is 1.24 bits per heavy atom. The lowest BCUT2D eigenvalue weighted by Crippen LogP contribution is -2.28. The number of aliphatic hydroxyl groups excluding tert-OH is 1. The first kappa shape index (κ1) is 12.2. The van der Waals surface area contributed by atoms with Gasteiger partial charge in [0.15, 0.2) is 0 Å². The van der Waals surface area contributed by atoms with Gasteiger partial charge in [0.05, 0.1) is 31.9 Å². The number of hydrogen-bond acceptors (Lipinski definition) is 4. The van der Waals surface area contributed by atoms with Crippen molar-refractivity contribution in [2.45, 2.75) is 25.0 Å². The van der Waals surface area contributed by atoms with Gasteiger partial charge in [0.2, 0.25) is 0 Å². The summed E-state index contributed by atoms with van der Waals surface area (Å²) in [5.41, 5.74) is 6.87. The van der Waals surface area contributed by atoms with Crippen LogP contribution in [0.2, 0.25) is 0 Å². The van der Waals surface area contributed by atoms with Crippen LogP contribution in [0.25, 0.3) is 0 Å². The summed E-state index contributed by atoms with van der Waals surface area (Å²) in [6.45, 7) is 0. The molecule has 4 heteroatoms. The second kappa shape index (κ2) is 4.94. The van der Waals surface area contributed by atoms with Gasteiger partial charge in [-0.1, -0.05) is 6.07 Å². The van der Waals surface area contributed by atoms with Crippen molar-refractivity contribution in [1.29, 1.82) is 0 Å². The van der Waals surface area contributed by atoms with E-state index in [1.165, 1.54) is 0 Å². The Labute approximate surface area is 101 Å². The molecule has 1 aliphatic carbocycles. The van der Waals surface area contributed by atoms with Crippen LogP contribution >= 0.6 is 0 Å². The Bertz CT molecular complexity index is 368. The highest BCUT2D eigenvalue weighted by atomic mass is 16.5. The van der Waals surface area contributed by atoms with E-state index in [-0.39, 0.29) is 0 Å². The van der Waals surface area contributed by atoms with Gasteiger partial charge in [0.1, 0.15) is 11.5 Å². The van der Waals surface area contributed by atoms with E-state index < -0.39 is 12.1 Å². The third-order valence-corrected chi connectivity index (χ3v) is 3.27. The Hall–Kier alpha value is -1.26. The molecule has 0 spiro atoms. The average molecular weight is 237 g/mol. The lowest BCUT2D eigenvalue weighted by Gasteiger charge is -2.23. The maximum Gasteiger partial charge on any atom is 0.127 e. The molecule has 3 N–H and O–H groups in total. The predicted octanol–water partition coefficient (Wildman–Crippen LogP) is 1.47. The average Bonchev–Trinajstić information content (AvgIpc) is 3.20. The van der Waals surface area contributed by atoms with E-state index in [0.29, 0.717) is 17.4 Å². The fraction of sp³-hybridized carbons (Fsp3) is 0.538. The van der Waals surface area contributed by atoms with Crippen LogP contribution in [-0.2, 0) is 0 Å². The second-order valence-corrected chi connectivity index (χ2v) is 4.43. The molecule has 0 amide bonds. The Balaban J connectivity index is 2.33. The van der Waals surface area contributed by atoms with Crippen molar-refractivity contribution in [2.75, 3.05) is 14.2 Å². The summed E-state index contributed by atoms with van der Waals surface area (Å²) in [5.74, 6) is 1.65. The van der Waals surface area contributed by atoms with Crippen molar-refractivity contribution in [1.82, 2.24) is 0 Å². The molecular weight excluding hydrogens is 218 g/mol. The molecule has 94 valence electrons. The molecule has 0 aliphatic heterocycles. The van der Waals surface area contributed by atoms with Gasteiger partial charge < -0.3 is 20.3 Å². The van der Waals surface area contributed by atoms with Crippen molar-refractivity contribution >= 4 is 0 Å². The molecule has 0 heterocycles. The summed E-state index contributed by atoms with van der Waals surface area (Å²) >= 11 is 0. The smallest absolute Gasteiger partial charge is 0.127 e. The predicted molar refractivity (Wildman–Crippen MR) is 65.2 cm³/mol. The van der Waals surface area contributed by atoms with Gasteiger partial charge in [-0.3, -0.25) is 0 Å². The summed E-state index contributed by atoms with van der Waals surface area (Å²) < 4.78 is 10.6. The minimum absolute atomic E-state index is 0.319. The van der Waals surface area contributed by atoms with E-state index >= 15 is 0 Å². The SMILES string of the molecule is COc1cccc(OC)c1[C@H](N)[C@H](O)C1CC1. The lowest BCUT2D eigenvalue weighted by molar-refractivity contribution is 0.120. The van der Waals surface area contributed by atoms with Gasteiger partial charge in [-0.05, 0) is 30.9 Å². The highest BCUT2D eigenvalue weighted by molar-refractivity contribution is 5.47. The zero-order valence-corrected chi connectivity index (χ0v) is 10.2. The first-order valence-corrected chi connectivity index (χ1v) is 5.83. The molecule has 0 radical (unpaired) electrons. The maximum atomic E-state index is 10.1. The van der Waals surface area contributed by atoms with Crippen LogP contribution in [0.1, 0.15) is 24.4 Å². The maximum absolute atomic E-state index is 10.1. The molecule has 1 aromatic rings. The molecule has 2 rings (SSSR count). The normalized spacial score (nSPS) is 18.6. The first-order chi connectivity index (χ1) is 8.19. The zero-order valence-electron chi connectivity index (χ0n) is 10.2. The van der Waals surface area contributed by atoms with Gasteiger partial charge in [-0.2, -0.15) is 0 Å². The van der Waals surface area contributed by atoms with E-state index in [2.05, 4.69) is 0 Å². The molecule has 0 unspecified atom stereocenters. The zero-order chi connectivity index (χ0) is 12.4. The first-order valence-electron chi connectivity index (χ1n) is 5.83. The van der Waals surface area contributed by atoms with Crippen LogP contribution in [0, 0.1) is 5.92 Å². The third-order valence-electron chi connectivity index (χ3n) is 3.27. The van der Waals surface area contributed by atoms with Crippen molar-refractivity contribution < 1.29 is 14.6 Å². The summed E-state index contributed by atoms with van der Waals surface area (Å²) in [4.78, 5) is 0. The standard InChI is InChI=1S/C13H19NO3/c1-16-9-4-3-5-10(17-2)11(9)12(14)13(15)8-6-7-8/h3-5,8,12-13,15H,6-7,14H2,1-2H3/t12-,13+/m0/s1. The van der Waals surface area contributed by atoms with Crippen LogP contribution in [0.4, 0.5) is 0 Å². The van der Waals surface area contributed by atoms with Crippen LogP contribution < -0.4 is 15.2 Å². The van der Waals surface area contributed by atoms with Crippen molar-refractivity contribution in [3.63, 3.8) is 0 Å². The van der Waals surface area contributed by atoms with Crippen LogP contribution in [0.5, 0.6) is 11.5 Å². The van der Waals surface area contributed by atoms with Gasteiger partial charge in [-0.25, -0.2) is 0 Å².